The van der Waals surface area contributed by atoms with E-state index in [0.717, 1.165) is 25.5 Å². The molecule has 34 heavy (non-hydrogen) atoms. The molecule has 0 saturated heterocycles. The van der Waals surface area contributed by atoms with Crippen molar-refractivity contribution in [1.82, 2.24) is 9.97 Å². The summed E-state index contributed by atoms with van der Waals surface area (Å²) in [5, 5.41) is 1.91. The Hall–Kier alpha value is -4.12. The Bertz CT molecular complexity index is 1490. The molecule has 0 atom stereocenters. The van der Waals surface area contributed by atoms with E-state index >= 15 is 0 Å². The number of carbonyl (C=O) groups excluding carboxylic acids is 2. The zero-order valence-corrected chi connectivity index (χ0v) is 19.6. The summed E-state index contributed by atoms with van der Waals surface area (Å²) in [6.45, 7) is 0. The normalized spacial score (nSPS) is 12.8. The van der Waals surface area contributed by atoms with E-state index in [0.29, 0.717) is 17.1 Å². The zero-order chi connectivity index (χ0) is 23.1. The maximum absolute atomic E-state index is 13.1. The van der Waals surface area contributed by atoms with E-state index in [1.54, 1.807) is 24.5 Å². The molecule has 2 heterocycles. The first kappa shape index (κ1) is 20.5. The summed E-state index contributed by atoms with van der Waals surface area (Å²) >= 11 is -0.137. The van der Waals surface area contributed by atoms with Gasteiger partial charge in [0.2, 0.25) is 0 Å². The summed E-state index contributed by atoms with van der Waals surface area (Å²) in [7, 11) is 0. The number of nitrogens with zero attached hydrogens (tertiary/aromatic N) is 3. The van der Waals surface area contributed by atoms with E-state index in [4.69, 9.17) is 0 Å². The fourth-order valence-electron chi connectivity index (χ4n) is 4.15. The molecule has 5 aromatic rings. The number of fused-ring (bicyclic) bond motifs is 2. The van der Waals surface area contributed by atoms with Crippen molar-refractivity contribution >= 4 is 59.1 Å². The molecule has 0 saturated carbocycles. The fraction of sp³-hybridized carbons (Fsp3) is 0. The van der Waals surface area contributed by atoms with Gasteiger partial charge in [0.15, 0.2) is 0 Å². The third-order valence-electron chi connectivity index (χ3n) is 5.75. The average molecular weight is 506 g/mol. The van der Waals surface area contributed by atoms with Crippen LogP contribution in [-0.4, -0.2) is 36.0 Å². The van der Waals surface area contributed by atoms with Gasteiger partial charge in [-0.25, -0.2) is 0 Å². The van der Waals surface area contributed by atoms with Gasteiger partial charge in [-0.15, -0.1) is 0 Å². The standard InChI is InChI=1S/C28H17N3O2Se/c32-26-22-15-18-7-4-5-8-19(18)16-23(22)27(33)24(26)17-21-11-12-25(34-21)31(20-9-2-1-3-10-20)28-29-13-6-14-30-28/h1-17H. The monoisotopic (exact) mass is 507 g/mol. The number of ketones is 2. The Kier molecular flexibility index (Phi) is 5.02. The van der Waals surface area contributed by atoms with Crippen molar-refractivity contribution in [3.63, 3.8) is 0 Å². The van der Waals surface area contributed by atoms with Gasteiger partial charge < -0.3 is 0 Å². The van der Waals surface area contributed by atoms with Crippen LogP contribution in [0, 0.1) is 0 Å². The van der Waals surface area contributed by atoms with Crippen LogP contribution < -0.4 is 4.90 Å². The van der Waals surface area contributed by atoms with Crippen molar-refractivity contribution in [3.8, 4) is 0 Å². The van der Waals surface area contributed by atoms with Crippen molar-refractivity contribution in [2.75, 3.05) is 4.90 Å². The van der Waals surface area contributed by atoms with Crippen molar-refractivity contribution in [2.45, 2.75) is 0 Å². The predicted molar refractivity (Wildman–Crippen MR) is 134 cm³/mol. The number of benzene rings is 3. The van der Waals surface area contributed by atoms with Crippen LogP contribution in [0.4, 0.5) is 16.2 Å². The van der Waals surface area contributed by atoms with Crippen LogP contribution in [0.3, 0.4) is 0 Å². The molecule has 6 rings (SSSR count). The van der Waals surface area contributed by atoms with E-state index in [9.17, 15) is 9.59 Å². The number of aromatic nitrogens is 2. The third-order valence-corrected chi connectivity index (χ3v) is 7.89. The molecule has 0 amide bonds. The molecule has 3 aromatic carbocycles. The minimum atomic E-state index is -0.206. The molecule has 0 N–H and O–H groups in total. The third kappa shape index (κ3) is 3.50. The Morgan fingerprint density at radius 3 is 1.97 bits per heavy atom. The number of allylic oxidation sites excluding steroid dienone is 1. The van der Waals surface area contributed by atoms with Gasteiger partial charge in [-0.2, -0.15) is 0 Å². The summed E-state index contributed by atoms with van der Waals surface area (Å²) in [6, 6.07) is 27.1. The molecule has 2 aromatic heterocycles. The van der Waals surface area contributed by atoms with Gasteiger partial charge in [-0.05, 0) is 0 Å². The molecule has 1 aliphatic rings. The van der Waals surface area contributed by atoms with Gasteiger partial charge in [-0.3, -0.25) is 0 Å². The maximum atomic E-state index is 13.1. The van der Waals surface area contributed by atoms with Gasteiger partial charge in [-0.1, -0.05) is 0 Å². The van der Waals surface area contributed by atoms with E-state index in [-0.39, 0.29) is 31.6 Å². The van der Waals surface area contributed by atoms with Crippen LogP contribution in [0.25, 0.3) is 16.8 Å². The van der Waals surface area contributed by atoms with Crippen LogP contribution in [0.15, 0.2) is 103 Å². The summed E-state index contributed by atoms with van der Waals surface area (Å²) in [6.07, 6.45) is 5.19. The molecule has 162 valence electrons. The molecule has 0 radical (unpaired) electrons. The van der Waals surface area contributed by atoms with Crippen LogP contribution in [0.2, 0.25) is 0 Å². The minimum absolute atomic E-state index is 0.137. The van der Waals surface area contributed by atoms with Gasteiger partial charge in [0.1, 0.15) is 0 Å². The number of hydrogen-bond acceptors (Lipinski definition) is 5. The van der Waals surface area contributed by atoms with E-state index < -0.39 is 0 Å². The quantitative estimate of drug-likeness (QED) is 0.180. The van der Waals surface area contributed by atoms with Crippen molar-refractivity contribution < 1.29 is 9.59 Å². The number of rotatable bonds is 4. The Morgan fingerprint density at radius 2 is 1.32 bits per heavy atom. The Labute approximate surface area is 201 Å². The van der Waals surface area contributed by atoms with Gasteiger partial charge in [0, 0.05) is 0 Å². The number of para-hydroxylation sites is 1. The second kappa shape index (κ2) is 8.34. The summed E-state index contributed by atoms with van der Waals surface area (Å²) in [4.78, 5) is 37.2. The summed E-state index contributed by atoms with van der Waals surface area (Å²) in [5.74, 6) is 0.167. The molecule has 6 heteroatoms. The van der Waals surface area contributed by atoms with Crippen LogP contribution in [0.1, 0.15) is 25.2 Å². The molecule has 0 unspecified atom stereocenters. The number of Topliss-reactive ketones (excluding diaryl/α,β-unsaturated/α-hetero) is 2. The molecule has 0 aliphatic heterocycles. The van der Waals surface area contributed by atoms with Crippen molar-refractivity contribution in [3.05, 3.63) is 118 Å². The van der Waals surface area contributed by atoms with Gasteiger partial charge in [0.25, 0.3) is 0 Å². The number of hydrogen-bond donors (Lipinski definition) is 0. The molecule has 0 spiro atoms. The van der Waals surface area contributed by atoms with Crippen molar-refractivity contribution in [1.29, 1.82) is 0 Å². The molecule has 0 fully saturated rings. The van der Waals surface area contributed by atoms with Crippen LogP contribution in [0.5, 0.6) is 0 Å². The first-order chi connectivity index (χ1) is 16.7. The van der Waals surface area contributed by atoms with E-state index in [2.05, 4.69) is 9.97 Å². The van der Waals surface area contributed by atoms with E-state index in [1.165, 1.54) is 0 Å². The van der Waals surface area contributed by atoms with Crippen molar-refractivity contribution in [2.24, 2.45) is 0 Å². The topological polar surface area (TPSA) is 63.2 Å². The second-order valence-electron chi connectivity index (χ2n) is 7.86. The van der Waals surface area contributed by atoms with Gasteiger partial charge in [0.05, 0.1) is 0 Å². The first-order valence-corrected chi connectivity index (χ1v) is 12.5. The first-order valence-electron chi connectivity index (χ1n) is 10.7. The van der Waals surface area contributed by atoms with Crippen LogP contribution in [-0.2, 0) is 0 Å². The molecule has 1 aliphatic carbocycles. The van der Waals surface area contributed by atoms with E-state index in [1.807, 2.05) is 83.8 Å². The Morgan fingerprint density at radius 1 is 0.706 bits per heavy atom. The fourth-order valence-corrected chi connectivity index (χ4v) is 6.18. The molecular formula is C28H17N3O2Se. The second-order valence-corrected chi connectivity index (χ2v) is 10.2. The number of carbonyl (C=O) groups is 2. The molecule has 0 bridgehead atoms. The zero-order valence-electron chi connectivity index (χ0n) is 17.9. The Balaban J connectivity index is 1.39. The summed E-state index contributed by atoms with van der Waals surface area (Å²) in [5.41, 5.74) is 2.15. The predicted octanol–water partition coefficient (Wildman–Crippen LogP) is 5.62. The average Bonchev–Trinajstić information content (AvgIpc) is 3.43. The molecular weight excluding hydrogens is 489 g/mol. The van der Waals surface area contributed by atoms with Crippen LogP contribution >= 0.6 is 0 Å². The molecule has 5 nitrogen and oxygen atoms in total. The summed E-state index contributed by atoms with van der Waals surface area (Å²) < 4.78 is 1.98. The SMILES string of the molecule is O=C1C(=Cc2ccc(N(c3ccccc3)c3ncccn3)[se]2)C(=O)c2cc3ccccc3cc21. The number of anilines is 3. The van der Waals surface area contributed by atoms with Gasteiger partial charge >= 0.3 is 202 Å².